The van der Waals surface area contributed by atoms with E-state index in [0.717, 1.165) is 38.9 Å². The van der Waals surface area contributed by atoms with Gasteiger partial charge in [-0.2, -0.15) is 11.3 Å². The summed E-state index contributed by atoms with van der Waals surface area (Å²) in [4.78, 5) is 14.1. The van der Waals surface area contributed by atoms with Gasteiger partial charge in [-0.05, 0) is 61.7 Å². The lowest BCUT2D eigenvalue weighted by atomic mass is 9.97. The Bertz CT molecular complexity index is 356. The number of rotatable bonds is 5. The van der Waals surface area contributed by atoms with Crippen molar-refractivity contribution < 1.29 is 9.53 Å². The molecule has 0 atom stereocenters. The van der Waals surface area contributed by atoms with Crippen molar-refractivity contribution in [2.75, 3.05) is 26.2 Å². The predicted molar refractivity (Wildman–Crippen MR) is 73.8 cm³/mol. The summed E-state index contributed by atoms with van der Waals surface area (Å²) in [7, 11) is 0. The summed E-state index contributed by atoms with van der Waals surface area (Å²) >= 11 is 1.76. The van der Waals surface area contributed by atoms with Crippen LogP contribution in [0.2, 0.25) is 0 Å². The minimum Gasteiger partial charge on any atom is -0.466 e. The van der Waals surface area contributed by atoms with E-state index in [1.807, 2.05) is 6.92 Å². The maximum atomic E-state index is 11.6. The Balaban J connectivity index is 1.68. The van der Waals surface area contributed by atoms with Crippen molar-refractivity contribution in [3.05, 3.63) is 22.4 Å². The lowest BCUT2D eigenvalue weighted by molar-refractivity contribution is -0.149. The largest absolute Gasteiger partial charge is 0.466 e. The summed E-state index contributed by atoms with van der Waals surface area (Å²) in [5, 5.41) is 4.34. The fourth-order valence-electron chi connectivity index (χ4n) is 2.37. The third-order valence-corrected chi connectivity index (χ3v) is 4.24. The molecule has 2 heterocycles. The van der Waals surface area contributed by atoms with Crippen LogP contribution >= 0.6 is 11.3 Å². The summed E-state index contributed by atoms with van der Waals surface area (Å²) in [6.07, 6.45) is 3.01. The summed E-state index contributed by atoms with van der Waals surface area (Å²) < 4.78 is 5.08. The van der Waals surface area contributed by atoms with Gasteiger partial charge in [-0.15, -0.1) is 0 Å². The van der Waals surface area contributed by atoms with Gasteiger partial charge in [-0.25, -0.2) is 0 Å². The number of thiophene rings is 1. The van der Waals surface area contributed by atoms with Crippen LogP contribution in [0.15, 0.2) is 16.8 Å². The Morgan fingerprint density at radius 2 is 2.28 bits per heavy atom. The molecule has 100 valence electrons. The van der Waals surface area contributed by atoms with Crippen LogP contribution in [0.1, 0.15) is 25.3 Å². The van der Waals surface area contributed by atoms with Crippen molar-refractivity contribution in [2.24, 2.45) is 5.92 Å². The summed E-state index contributed by atoms with van der Waals surface area (Å²) in [6, 6.07) is 2.19. The van der Waals surface area contributed by atoms with Crippen LogP contribution in [-0.2, 0) is 16.0 Å². The molecule has 0 saturated carbocycles. The Hall–Kier alpha value is -0.870. The first-order valence-electron chi connectivity index (χ1n) is 6.69. The highest BCUT2D eigenvalue weighted by Gasteiger charge is 2.25. The topological polar surface area (TPSA) is 29.5 Å². The molecule has 4 heteroatoms. The number of nitrogens with zero attached hydrogens (tertiary/aromatic N) is 1. The lowest BCUT2D eigenvalue weighted by Crippen LogP contribution is -2.37. The average molecular weight is 267 g/mol. The SMILES string of the molecule is CCOC(=O)C1CCN(CCc2ccsc2)CC1. The van der Waals surface area contributed by atoms with Crippen molar-refractivity contribution in [2.45, 2.75) is 26.2 Å². The molecule has 1 aliphatic rings. The van der Waals surface area contributed by atoms with Crippen molar-refractivity contribution >= 4 is 17.3 Å². The monoisotopic (exact) mass is 267 g/mol. The van der Waals surface area contributed by atoms with Gasteiger partial charge in [-0.3, -0.25) is 4.79 Å². The maximum absolute atomic E-state index is 11.6. The first-order chi connectivity index (χ1) is 8.79. The molecule has 1 fully saturated rings. The van der Waals surface area contributed by atoms with Gasteiger partial charge in [0.25, 0.3) is 0 Å². The molecule has 1 aliphatic heterocycles. The third-order valence-electron chi connectivity index (χ3n) is 3.50. The van der Waals surface area contributed by atoms with Gasteiger partial charge in [0, 0.05) is 6.54 Å². The van der Waals surface area contributed by atoms with E-state index in [2.05, 4.69) is 21.7 Å². The number of likely N-dealkylation sites (tertiary alicyclic amines) is 1. The third kappa shape index (κ3) is 3.82. The van der Waals surface area contributed by atoms with Gasteiger partial charge < -0.3 is 9.64 Å². The van der Waals surface area contributed by atoms with E-state index >= 15 is 0 Å². The van der Waals surface area contributed by atoms with Crippen LogP contribution in [-0.4, -0.2) is 37.1 Å². The Morgan fingerprint density at radius 1 is 1.50 bits per heavy atom. The normalized spacial score (nSPS) is 17.8. The first-order valence-corrected chi connectivity index (χ1v) is 7.64. The first kappa shape index (κ1) is 13.6. The van der Waals surface area contributed by atoms with E-state index in [9.17, 15) is 4.79 Å². The van der Waals surface area contributed by atoms with Gasteiger partial charge in [0.15, 0.2) is 0 Å². The van der Waals surface area contributed by atoms with Gasteiger partial charge in [0.1, 0.15) is 0 Å². The average Bonchev–Trinajstić information content (AvgIpc) is 2.90. The number of carbonyl (C=O) groups is 1. The number of ether oxygens (including phenoxy) is 1. The molecule has 0 spiro atoms. The second kappa shape index (κ2) is 6.90. The van der Waals surface area contributed by atoms with Crippen molar-refractivity contribution in [1.82, 2.24) is 4.90 Å². The molecule has 0 aliphatic carbocycles. The van der Waals surface area contributed by atoms with E-state index in [-0.39, 0.29) is 11.9 Å². The van der Waals surface area contributed by atoms with E-state index in [1.54, 1.807) is 11.3 Å². The fraction of sp³-hybridized carbons (Fsp3) is 0.643. The number of hydrogen-bond donors (Lipinski definition) is 0. The molecule has 18 heavy (non-hydrogen) atoms. The second-order valence-corrected chi connectivity index (χ2v) is 5.53. The van der Waals surface area contributed by atoms with Crippen LogP contribution in [0.25, 0.3) is 0 Å². The molecule has 0 aromatic carbocycles. The molecular weight excluding hydrogens is 246 g/mol. The van der Waals surface area contributed by atoms with Crippen molar-refractivity contribution in [3.8, 4) is 0 Å². The Kier molecular flexibility index (Phi) is 5.20. The van der Waals surface area contributed by atoms with Crippen LogP contribution in [0.5, 0.6) is 0 Å². The second-order valence-electron chi connectivity index (χ2n) is 4.75. The van der Waals surface area contributed by atoms with Gasteiger partial charge in [-0.1, -0.05) is 0 Å². The zero-order valence-electron chi connectivity index (χ0n) is 10.9. The molecule has 0 N–H and O–H groups in total. The minimum absolute atomic E-state index is 0.00464. The van der Waals surface area contributed by atoms with Gasteiger partial charge in [0.2, 0.25) is 0 Å². The van der Waals surface area contributed by atoms with Crippen LogP contribution in [0.4, 0.5) is 0 Å². The van der Waals surface area contributed by atoms with E-state index < -0.39 is 0 Å². The number of carbonyl (C=O) groups excluding carboxylic acids is 1. The highest BCUT2D eigenvalue weighted by atomic mass is 32.1. The van der Waals surface area contributed by atoms with E-state index in [1.165, 1.54) is 5.56 Å². The van der Waals surface area contributed by atoms with Crippen molar-refractivity contribution in [3.63, 3.8) is 0 Å². The highest BCUT2D eigenvalue weighted by Crippen LogP contribution is 2.19. The van der Waals surface area contributed by atoms with Crippen molar-refractivity contribution in [1.29, 1.82) is 0 Å². The quantitative estimate of drug-likeness (QED) is 0.768. The summed E-state index contributed by atoms with van der Waals surface area (Å²) in [5.74, 6) is 0.123. The minimum atomic E-state index is -0.00464. The Labute approximate surface area is 113 Å². The molecule has 0 amide bonds. The number of esters is 1. The Morgan fingerprint density at radius 3 is 2.89 bits per heavy atom. The summed E-state index contributed by atoms with van der Waals surface area (Å²) in [5.41, 5.74) is 1.42. The van der Waals surface area contributed by atoms with E-state index in [4.69, 9.17) is 4.74 Å². The molecule has 0 unspecified atom stereocenters. The van der Waals surface area contributed by atoms with E-state index in [0.29, 0.717) is 6.61 Å². The molecule has 1 saturated heterocycles. The summed E-state index contributed by atoms with van der Waals surface area (Å²) in [6.45, 7) is 5.51. The van der Waals surface area contributed by atoms with Crippen LogP contribution < -0.4 is 0 Å². The van der Waals surface area contributed by atoms with Gasteiger partial charge >= 0.3 is 5.97 Å². The highest BCUT2D eigenvalue weighted by molar-refractivity contribution is 7.07. The zero-order chi connectivity index (χ0) is 12.8. The molecule has 2 rings (SSSR count). The lowest BCUT2D eigenvalue weighted by Gasteiger charge is -2.30. The fourth-order valence-corrected chi connectivity index (χ4v) is 3.08. The maximum Gasteiger partial charge on any atom is 0.309 e. The molecule has 1 aromatic heterocycles. The number of piperidine rings is 1. The number of hydrogen-bond acceptors (Lipinski definition) is 4. The molecular formula is C14H21NO2S. The molecule has 3 nitrogen and oxygen atoms in total. The van der Waals surface area contributed by atoms with Crippen LogP contribution in [0, 0.1) is 5.92 Å². The van der Waals surface area contributed by atoms with Crippen LogP contribution in [0.3, 0.4) is 0 Å². The smallest absolute Gasteiger partial charge is 0.309 e. The molecule has 1 aromatic rings. The zero-order valence-corrected chi connectivity index (χ0v) is 11.7. The standard InChI is InChI=1S/C14H21NO2S/c1-2-17-14(16)13-4-8-15(9-5-13)7-3-12-6-10-18-11-12/h6,10-11,13H,2-5,7-9H2,1H3. The van der Waals surface area contributed by atoms with Gasteiger partial charge in [0.05, 0.1) is 12.5 Å². The molecule has 0 radical (unpaired) electrons. The predicted octanol–water partition coefficient (Wildman–Crippen LogP) is 2.57. The molecule has 0 bridgehead atoms.